The van der Waals surface area contributed by atoms with Crippen LogP contribution in [0.3, 0.4) is 0 Å². The van der Waals surface area contributed by atoms with E-state index in [0.29, 0.717) is 5.92 Å². The molecule has 0 aliphatic carbocycles. The van der Waals surface area contributed by atoms with E-state index in [4.69, 9.17) is 5.73 Å². The van der Waals surface area contributed by atoms with Crippen molar-refractivity contribution in [3.63, 3.8) is 0 Å². The molecule has 2 N–H and O–H groups in total. The van der Waals surface area contributed by atoms with Crippen molar-refractivity contribution < 1.29 is 4.79 Å². The molecule has 0 bridgehead atoms. The van der Waals surface area contributed by atoms with Crippen LogP contribution in [0.25, 0.3) is 0 Å². The van der Waals surface area contributed by atoms with Crippen molar-refractivity contribution in [2.45, 2.75) is 46.1 Å². The summed E-state index contributed by atoms with van der Waals surface area (Å²) >= 11 is 0. The number of nitrogens with zero attached hydrogens (tertiary/aromatic N) is 2. The second-order valence-electron chi connectivity index (χ2n) is 6.12. The van der Waals surface area contributed by atoms with Crippen molar-refractivity contribution in [1.29, 1.82) is 0 Å². The monoisotopic (exact) mass is 257 g/mol. The average molecular weight is 257 g/mol. The number of nitrogens with two attached hydrogens (primary N) is 1. The second-order valence-corrected chi connectivity index (χ2v) is 6.12. The molecule has 4 nitrogen and oxygen atoms in total. The van der Waals surface area contributed by atoms with Crippen LogP contribution in [0.5, 0.6) is 0 Å². The minimum absolute atomic E-state index is 0.0832. The van der Waals surface area contributed by atoms with Crippen LogP contribution in [0.2, 0.25) is 0 Å². The van der Waals surface area contributed by atoms with Crippen molar-refractivity contribution in [1.82, 2.24) is 9.80 Å². The molecule has 108 valence electrons. The highest BCUT2D eigenvalue weighted by Gasteiger charge is 2.31. The van der Waals surface area contributed by atoms with Gasteiger partial charge in [-0.1, -0.05) is 27.2 Å². The van der Waals surface area contributed by atoms with Gasteiger partial charge in [-0.15, -0.1) is 0 Å². The third-order valence-electron chi connectivity index (χ3n) is 2.95. The van der Waals surface area contributed by atoms with Gasteiger partial charge < -0.3 is 15.5 Å². The number of carbonyl (C=O) groups excluding carboxylic acids is 1. The molecule has 0 radical (unpaired) electrons. The van der Waals surface area contributed by atoms with Crippen LogP contribution in [-0.4, -0.2) is 55.0 Å². The van der Waals surface area contributed by atoms with Crippen molar-refractivity contribution in [3.8, 4) is 0 Å². The fourth-order valence-corrected chi connectivity index (χ4v) is 2.02. The van der Waals surface area contributed by atoms with Crippen LogP contribution in [0.4, 0.5) is 0 Å². The van der Waals surface area contributed by atoms with E-state index in [1.807, 2.05) is 25.9 Å². The Kier molecular flexibility index (Phi) is 7.48. The Hall–Kier alpha value is -0.610. The minimum Gasteiger partial charge on any atom is -0.340 e. The van der Waals surface area contributed by atoms with Gasteiger partial charge in [-0.2, -0.15) is 0 Å². The molecule has 1 amide bonds. The van der Waals surface area contributed by atoms with Crippen molar-refractivity contribution in [2.75, 3.05) is 33.7 Å². The first-order valence-electron chi connectivity index (χ1n) is 6.93. The highest BCUT2D eigenvalue weighted by Crippen LogP contribution is 2.14. The molecule has 4 heteroatoms. The third-order valence-corrected chi connectivity index (χ3v) is 2.95. The average Bonchev–Trinajstić information content (AvgIpc) is 2.22. The second kappa shape index (κ2) is 7.74. The molecule has 0 saturated carbocycles. The summed E-state index contributed by atoms with van der Waals surface area (Å²) in [5.74, 6) is 0.549. The molecule has 0 aliphatic heterocycles. The Morgan fingerprint density at radius 3 is 2.22 bits per heavy atom. The number of carbonyl (C=O) groups is 1. The fraction of sp³-hybridized carbons (Fsp3) is 0.929. The summed E-state index contributed by atoms with van der Waals surface area (Å²) in [6.45, 7) is 10.6. The van der Waals surface area contributed by atoms with E-state index in [1.54, 1.807) is 0 Å². The lowest BCUT2D eigenvalue weighted by molar-refractivity contribution is -0.137. The van der Waals surface area contributed by atoms with Gasteiger partial charge in [-0.25, -0.2) is 0 Å². The highest BCUT2D eigenvalue weighted by molar-refractivity contribution is 5.85. The zero-order valence-electron chi connectivity index (χ0n) is 13.0. The quantitative estimate of drug-likeness (QED) is 0.718. The largest absolute Gasteiger partial charge is 0.340 e. The van der Waals surface area contributed by atoms with Gasteiger partial charge in [0.05, 0.1) is 5.54 Å². The van der Waals surface area contributed by atoms with Gasteiger partial charge in [0.1, 0.15) is 0 Å². The van der Waals surface area contributed by atoms with Crippen LogP contribution in [0.1, 0.15) is 40.5 Å². The molecule has 0 heterocycles. The van der Waals surface area contributed by atoms with Gasteiger partial charge in [0.2, 0.25) is 5.91 Å². The van der Waals surface area contributed by atoms with Gasteiger partial charge in [0.25, 0.3) is 0 Å². The normalized spacial score (nSPS) is 14.9. The molecule has 18 heavy (non-hydrogen) atoms. The number of likely N-dealkylation sites (N-methyl/N-ethyl adjacent to an activating group) is 1. The number of hydrogen-bond acceptors (Lipinski definition) is 3. The molecule has 0 rings (SSSR count). The summed E-state index contributed by atoms with van der Waals surface area (Å²) in [5, 5.41) is 0. The number of rotatable bonds is 8. The first kappa shape index (κ1) is 17.4. The summed E-state index contributed by atoms with van der Waals surface area (Å²) in [5.41, 5.74) is 5.42. The molecule has 0 spiro atoms. The summed E-state index contributed by atoms with van der Waals surface area (Å²) < 4.78 is 0. The molecule has 0 aliphatic rings. The molecular weight excluding hydrogens is 226 g/mol. The zero-order chi connectivity index (χ0) is 14.3. The Bertz CT molecular complexity index is 249. The van der Waals surface area contributed by atoms with E-state index in [1.165, 1.54) is 0 Å². The lowest BCUT2D eigenvalue weighted by Crippen LogP contribution is -2.55. The lowest BCUT2D eigenvalue weighted by atomic mass is 9.95. The first-order chi connectivity index (χ1) is 8.20. The third kappa shape index (κ3) is 6.36. The first-order valence-corrected chi connectivity index (χ1v) is 6.93. The zero-order valence-corrected chi connectivity index (χ0v) is 13.0. The van der Waals surface area contributed by atoms with Crippen LogP contribution in [0.15, 0.2) is 0 Å². The van der Waals surface area contributed by atoms with E-state index >= 15 is 0 Å². The predicted molar refractivity (Wildman–Crippen MR) is 77.5 cm³/mol. The van der Waals surface area contributed by atoms with Gasteiger partial charge in [0.15, 0.2) is 0 Å². The molecule has 1 atom stereocenters. The maximum atomic E-state index is 12.5. The van der Waals surface area contributed by atoms with Crippen LogP contribution in [-0.2, 0) is 4.79 Å². The van der Waals surface area contributed by atoms with E-state index < -0.39 is 5.54 Å². The summed E-state index contributed by atoms with van der Waals surface area (Å²) in [6.07, 6.45) is 1.67. The van der Waals surface area contributed by atoms with Gasteiger partial charge in [-0.05, 0) is 33.4 Å². The SMILES string of the molecule is CCCC(C)(N)C(=O)N(CCN(C)C)CC(C)C. The van der Waals surface area contributed by atoms with Gasteiger partial charge >= 0.3 is 0 Å². The van der Waals surface area contributed by atoms with Crippen molar-refractivity contribution in [3.05, 3.63) is 0 Å². The maximum Gasteiger partial charge on any atom is 0.242 e. The molecule has 1 unspecified atom stereocenters. The molecule has 0 saturated heterocycles. The minimum atomic E-state index is -0.726. The molecule has 0 fully saturated rings. The molecule has 0 aromatic carbocycles. The molecule has 0 aromatic rings. The van der Waals surface area contributed by atoms with E-state index in [2.05, 4.69) is 25.7 Å². The van der Waals surface area contributed by atoms with Crippen molar-refractivity contribution in [2.24, 2.45) is 11.7 Å². The van der Waals surface area contributed by atoms with Crippen LogP contribution >= 0.6 is 0 Å². The van der Waals surface area contributed by atoms with Crippen molar-refractivity contribution >= 4 is 5.91 Å². The van der Waals surface area contributed by atoms with E-state index in [0.717, 1.165) is 32.5 Å². The van der Waals surface area contributed by atoms with Gasteiger partial charge in [-0.3, -0.25) is 4.79 Å². The number of amides is 1. The topological polar surface area (TPSA) is 49.6 Å². The summed E-state index contributed by atoms with van der Waals surface area (Å²) in [6, 6.07) is 0. The Labute approximate surface area is 113 Å². The number of hydrogen-bond donors (Lipinski definition) is 1. The lowest BCUT2D eigenvalue weighted by Gasteiger charge is -2.33. The van der Waals surface area contributed by atoms with Crippen LogP contribution < -0.4 is 5.73 Å². The van der Waals surface area contributed by atoms with E-state index in [9.17, 15) is 4.79 Å². The van der Waals surface area contributed by atoms with Gasteiger partial charge in [0, 0.05) is 19.6 Å². The highest BCUT2D eigenvalue weighted by atomic mass is 16.2. The predicted octanol–water partition coefficient (Wildman–Crippen LogP) is 1.55. The molecular formula is C14H31N3O. The maximum absolute atomic E-state index is 12.5. The Morgan fingerprint density at radius 2 is 1.83 bits per heavy atom. The van der Waals surface area contributed by atoms with E-state index in [-0.39, 0.29) is 5.91 Å². The summed E-state index contributed by atoms with van der Waals surface area (Å²) in [4.78, 5) is 16.5. The Balaban J connectivity index is 4.67. The molecule has 0 aromatic heterocycles. The smallest absolute Gasteiger partial charge is 0.242 e. The van der Waals surface area contributed by atoms with Crippen LogP contribution in [0, 0.1) is 5.92 Å². The fourth-order valence-electron chi connectivity index (χ4n) is 2.02. The standard InChI is InChI=1S/C14H31N3O/c1-7-8-14(4,15)13(18)17(11-12(2)3)10-9-16(5)6/h12H,7-11,15H2,1-6H3. The Morgan fingerprint density at radius 1 is 1.28 bits per heavy atom. The summed E-state index contributed by atoms with van der Waals surface area (Å²) in [7, 11) is 4.04.